The van der Waals surface area contributed by atoms with Crippen LogP contribution in [0.15, 0.2) is 59.6 Å². The zero-order valence-corrected chi connectivity index (χ0v) is 13.8. The number of amides is 1. The Kier molecular flexibility index (Phi) is 6.68. The zero-order valence-electron chi connectivity index (χ0n) is 13.0. The summed E-state index contributed by atoms with van der Waals surface area (Å²) in [4.78, 5) is 16.1. The van der Waals surface area contributed by atoms with E-state index in [9.17, 15) is 4.79 Å². The topological polar surface area (TPSA) is 86.5 Å². The number of hydrogen-bond donors (Lipinski definition) is 2. The summed E-state index contributed by atoms with van der Waals surface area (Å²) in [5.74, 6) is 0. The minimum atomic E-state index is -0.541. The molecule has 0 aliphatic rings. The van der Waals surface area contributed by atoms with Crippen molar-refractivity contribution in [2.24, 2.45) is 4.99 Å². The van der Waals surface area contributed by atoms with Crippen LogP contribution in [0, 0.1) is 11.5 Å². The standard InChI is InChI=1S/C17H16N4O2S/c1-24-16(19-12-18)20-14-8-5-9-15(10-14)21-17(22)23-11-13-6-3-2-4-7-13/h2-10H,11H2,1H3,(H,19,20)(H,21,22). The van der Waals surface area contributed by atoms with Gasteiger partial charge in [0, 0.05) is 5.69 Å². The van der Waals surface area contributed by atoms with E-state index in [0.717, 1.165) is 5.56 Å². The van der Waals surface area contributed by atoms with Crippen LogP contribution in [0.1, 0.15) is 5.56 Å². The molecule has 0 saturated carbocycles. The van der Waals surface area contributed by atoms with E-state index in [-0.39, 0.29) is 6.61 Å². The highest BCUT2D eigenvalue weighted by Crippen LogP contribution is 2.19. The third-order valence-corrected chi connectivity index (χ3v) is 3.47. The number of carbonyl (C=O) groups excluding carboxylic acids is 1. The SMILES string of the molecule is CSC(=Nc1cccc(NC(=O)OCc2ccccc2)c1)NC#N. The highest BCUT2D eigenvalue weighted by Gasteiger charge is 2.05. The summed E-state index contributed by atoms with van der Waals surface area (Å²) in [6.07, 6.45) is 3.10. The van der Waals surface area contributed by atoms with Gasteiger partial charge >= 0.3 is 6.09 Å². The average molecular weight is 340 g/mol. The number of nitriles is 1. The number of hydrogen-bond acceptors (Lipinski definition) is 5. The maximum absolute atomic E-state index is 11.8. The molecule has 1 amide bonds. The molecule has 0 radical (unpaired) electrons. The van der Waals surface area contributed by atoms with E-state index in [1.165, 1.54) is 11.8 Å². The number of aliphatic imine (C=N–C) groups is 1. The van der Waals surface area contributed by atoms with Crippen LogP contribution in [0.2, 0.25) is 0 Å². The molecule has 0 heterocycles. The van der Waals surface area contributed by atoms with Gasteiger partial charge in [0.15, 0.2) is 11.4 Å². The number of nitrogens with zero attached hydrogens (tertiary/aromatic N) is 2. The molecule has 2 aromatic rings. The second kappa shape index (κ2) is 9.22. The fourth-order valence-electron chi connectivity index (χ4n) is 1.82. The van der Waals surface area contributed by atoms with Gasteiger partial charge in [0.1, 0.15) is 6.61 Å². The summed E-state index contributed by atoms with van der Waals surface area (Å²) in [6.45, 7) is 0.202. The second-order valence-corrected chi connectivity index (χ2v) is 5.39. The Morgan fingerprint density at radius 2 is 2.04 bits per heavy atom. The van der Waals surface area contributed by atoms with Crippen LogP contribution in [-0.2, 0) is 11.3 Å². The van der Waals surface area contributed by atoms with E-state index >= 15 is 0 Å². The molecular formula is C17H16N4O2S. The van der Waals surface area contributed by atoms with Crippen LogP contribution in [-0.4, -0.2) is 17.5 Å². The minimum absolute atomic E-state index is 0.202. The van der Waals surface area contributed by atoms with E-state index in [2.05, 4.69) is 15.6 Å². The molecule has 0 spiro atoms. The van der Waals surface area contributed by atoms with Crippen molar-refractivity contribution in [1.82, 2.24) is 5.32 Å². The van der Waals surface area contributed by atoms with Crippen LogP contribution in [0.25, 0.3) is 0 Å². The van der Waals surface area contributed by atoms with Crippen LogP contribution in [0.3, 0.4) is 0 Å². The predicted molar refractivity (Wildman–Crippen MR) is 96.1 cm³/mol. The molecule has 2 aromatic carbocycles. The van der Waals surface area contributed by atoms with Gasteiger partial charge in [-0.1, -0.05) is 48.2 Å². The molecule has 0 unspecified atom stereocenters. The number of rotatable bonds is 4. The lowest BCUT2D eigenvalue weighted by Gasteiger charge is -2.08. The summed E-state index contributed by atoms with van der Waals surface area (Å²) >= 11 is 1.32. The fourth-order valence-corrected chi connectivity index (χ4v) is 2.16. The van der Waals surface area contributed by atoms with Gasteiger partial charge in [0.25, 0.3) is 0 Å². The molecule has 7 heteroatoms. The number of carbonyl (C=O) groups is 1. The number of anilines is 1. The van der Waals surface area contributed by atoms with E-state index in [1.807, 2.05) is 42.8 Å². The average Bonchev–Trinajstić information content (AvgIpc) is 2.61. The molecule has 0 atom stereocenters. The summed E-state index contributed by atoms with van der Waals surface area (Å²) < 4.78 is 5.17. The van der Waals surface area contributed by atoms with Gasteiger partial charge in [-0.3, -0.25) is 10.6 Å². The Labute approximate surface area is 144 Å². The van der Waals surface area contributed by atoms with Crippen molar-refractivity contribution in [3.63, 3.8) is 0 Å². The molecule has 122 valence electrons. The number of amidine groups is 1. The molecule has 6 nitrogen and oxygen atoms in total. The minimum Gasteiger partial charge on any atom is -0.444 e. The number of nitrogens with one attached hydrogen (secondary N) is 2. The second-order valence-electron chi connectivity index (χ2n) is 4.59. The number of ether oxygens (including phenoxy) is 1. The molecule has 0 fully saturated rings. The van der Waals surface area contributed by atoms with Crippen LogP contribution in [0.5, 0.6) is 0 Å². The Morgan fingerprint density at radius 3 is 2.75 bits per heavy atom. The van der Waals surface area contributed by atoms with E-state index in [1.54, 1.807) is 24.3 Å². The lowest BCUT2D eigenvalue weighted by Crippen LogP contribution is -2.13. The third-order valence-electron chi connectivity index (χ3n) is 2.89. The number of thioether (sulfide) groups is 1. The van der Waals surface area contributed by atoms with Crippen molar-refractivity contribution in [3.8, 4) is 6.19 Å². The largest absolute Gasteiger partial charge is 0.444 e. The van der Waals surface area contributed by atoms with E-state index in [4.69, 9.17) is 10.00 Å². The van der Waals surface area contributed by atoms with Gasteiger partial charge in [-0.05, 0) is 30.0 Å². The maximum Gasteiger partial charge on any atom is 0.411 e. The zero-order chi connectivity index (χ0) is 17.2. The number of benzene rings is 2. The Morgan fingerprint density at radius 1 is 1.25 bits per heavy atom. The summed E-state index contributed by atoms with van der Waals surface area (Å²) in [5.41, 5.74) is 2.09. The maximum atomic E-state index is 11.8. The Balaban J connectivity index is 1.96. The quantitative estimate of drug-likeness (QED) is 0.382. The molecular weight excluding hydrogens is 324 g/mol. The van der Waals surface area contributed by atoms with Gasteiger partial charge in [-0.15, -0.1) is 0 Å². The normalized spacial score (nSPS) is 10.6. The van der Waals surface area contributed by atoms with Gasteiger partial charge in [-0.2, -0.15) is 5.26 Å². The fraction of sp³-hybridized carbons (Fsp3) is 0.118. The molecule has 0 saturated heterocycles. The van der Waals surface area contributed by atoms with Crippen molar-refractivity contribution in [2.45, 2.75) is 6.61 Å². The Bertz CT molecular complexity index is 757. The van der Waals surface area contributed by atoms with Gasteiger partial charge in [0.2, 0.25) is 0 Å². The first-order valence-corrected chi connectivity index (χ1v) is 8.29. The van der Waals surface area contributed by atoms with E-state index in [0.29, 0.717) is 16.5 Å². The molecule has 2 rings (SSSR count). The summed E-state index contributed by atoms with van der Waals surface area (Å²) in [5, 5.41) is 14.3. The Hall–Kier alpha value is -2.98. The molecule has 24 heavy (non-hydrogen) atoms. The highest BCUT2D eigenvalue weighted by atomic mass is 32.2. The van der Waals surface area contributed by atoms with Crippen LogP contribution < -0.4 is 10.6 Å². The first-order valence-electron chi connectivity index (χ1n) is 7.07. The van der Waals surface area contributed by atoms with Crippen molar-refractivity contribution in [1.29, 1.82) is 5.26 Å². The summed E-state index contributed by atoms with van der Waals surface area (Å²) in [6, 6.07) is 16.4. The van der Waals surface area contributed by atoms with Gasteiger partial charge < -0.3 is 4.74 Å². The molecule has 2 N–H and O–H groups in total. The molecule has 0 aromatic heterocycles. The predicted octanol–water partition coefficient (Wildman–Crippen LogP) is 3.86. The van der Waals surface area contributed by atoms with Crippen LogP contribution >= 0.6 is 11.8 Å². The van der Waals surface area contributed by atoms with Crippen LogP contribution in [0.4, 0.5) is 16.2 Å². The molecule has 0 aliphatic heterocycles. The first-order chi connectivity index (χ1) is 11.7. The lowest BCUT2D eigenvalue weighted by molar-refractivity contribution is 0.155. The smallest absolute Gasteiger partial charge is 0.411 e. The molecule has 0 aliphatic carbocycles. The van der Waals surface area contributed by atoms with Crippen molar-refractivity contribution < 1.29 is 9.53 Å². The lowest BCUT2D eigenvalue weighted by atomic mass is 10.2. The van der Waals surface area contributed by atoms with Gasteiger partial charge in [0.05, 0.1) is 5.69 Å². The summed E-state index contributed by atoms with van der Waals surface area (Å²) in [7, 11) is 0. The van der Waals surface area contributed by atoms with E-state index < -0.39 is 6.09 Å². The van der Waals surface area contributed by atoms with Crippen molar-refractivity contribution in [3.05, 3.63) is 60.2 Å². The van der Waals surface area contributed by atoms with Crippen molar-refractivity contribution >= 4 is 34.4 Å². The van der Waals surface area contributed by atoms with Crippen molar-refractivity contribution in [2.75, 3.05) is 11.6 Å². The highest BCUT2D eigenvalue weighted by molar-refractivity contribution is 8.13. The van der Waals surface area contributed by atoms with Gasteiger partial charge in [-0.25, -0.2) is 9.79 Å². The third kappa shape index (κ3) is 5.66. The monoisotopic (exact) mass is 340 g/mol. The first kappa shape index (κ1) is 17.4. The molecule has 0 bridgehead atoms.